The second kappa shape index (κ2) is 9.51. The molecule has 0 bridgehead atoms. The zero-order valence-electron chi connectivity index (χ0n) is 23.5. The normalized spacial score (nSPS) is 26.2. The summed E-state index contributed by atoms with van der Waals surface area (Å²) in [6.45, 7) is 2.35. The predicted molar refractivity (Wildman–Crippen MR) is 156 cm³/mol. The smallest absolute Gasteiger partial charge is 0.259 e. The van der Waals surface area contributed by atoms with E-state index >= 15 is 0 Å². The van der Waals surface area contributed by atoms with Crippen molar-refractivity contribution in [2.45, 2.75) is 88.8 Å². The lowest BCUT2D eigenvalue weighted by molar-refractivity contribution is -0.134. The molecule has 3 aromatic rings. The Balaban J connectivity index is 0.981. The van der Waals surface area contributed by atoms with Gasteiger partial charge in [0.2, 0.25) is 11.8 Å². The van der Waals surface area contributed by atoms with E-state index in [9.17, 15) is 14.4 Å². The van der Waals surface area contributed by atoms with Gasteiger partial charge in [0.25, 0.3) is 5.91 Å². The van der Waals surface area contributed by atoms with Gasteiger partial charge in [-0.3, -0.25) is 29.3 Å². The number of hydrogen-bond donors (Lipinski definition) is 1. The average molecular weight is 552 g/mol. The fraction of sp³-hybridized carbons (Fsp3) is 0.515. The van der Waals surface area contributed by atoms with Crippen LogP contribution in [0.15, 0.2) is 42.7 Å². The number of anilines is 1. The molecule has 3 amide bonds. The Hall–Kier alpha value is -3.52. The molecule has 2 aliphatic carbocycles. The first kappa shape index (κ1) is 25.2. The van der Waals surface area contributed by atoms with E-state index in [1.165, 1.54) is 57.2 Å². The molecule has 1 N–H and O–H groups in total. The van der Waals surface area contributed by atoms with Crippen LogP contribution in [0.5, 0.6) is 0 Å². The third-order valence-electron chi connectivity index (χ3n) is 10.9. The van der Waals surface area contributed by atoms with Crippen LogP contribution < -0.4 is 10.2 Å². The first-order valence-electron chi connectivity index (χ1n) is 15.5. The average Bonchev–Trinajstić information content (AvgIpc) is 3.69. The zero-order valence-corrected chi connectivity index (χ0v) is 23.5. The topological polar surface area (TPSA) is 87.5 Å². The van der Waals surface area contributed by atoms with Crippen LogP contribution in [0.25, 0.3) is 10.8 Å². The number of imide groups is 1. The second-order valence-corrected chi connectivity index (χ2v) is 13.1. The number of aromatic nitrogens is 2. The molecule has 8 nitrogen and oxygen atoms in total. The SMILES string of the molecule is O=C1CCC(N2C(=O)c3cccc4c(Cc5cnn(C6CCN(C7CCC8(CCC8)C7)CC6)c5)ccc2c34)C(=O)N1. The van der Waals surface area contributed by atoms with Crippen LogP contribution >= 0.6 is 0 Å². The maximum absolute atomic E-state index is 13.5. The van der Waals surface area contributed by atoms with E-state index < -0.39 is 11.9 Å². The lowest BCUT2D eigenvalue weighted by Gasteiger charge is -2.41. The van der Waals surface area contributed by atoms with Crippen molar-refractivity contribution in [2.24, 2.45) is 5.41 Å². The first-order chi connectivity index (χ1) is 20.0. The molecule has 8 rings (SSSR count). The van der Waals surface area contributed by atoms with Gasteiger partial charge in [-0.15, -0.1) is 0 Å². The number of amides is 3. The third-order valence-corrected chi connectivity index (χ3v) is 10.9. The molecule has 8 heteroatoms. The zero-order chi connectivity index (χ0) is 27.7. The summed E-state index contributed by atoms with van der Waals surface area (Å²) in [5, 5.41) is 9.13. The van der Waals surface area contributed by atoms with Crippen LogP contribution in [-0.2, 0) is 16.0 Å². The number of carbonyl (C=O) groups excluding carboxylic acids is 3. The Morgan fingerprint density at radius 3 is 2.56 bits per heavy atom. The van der Waals surface area contributed by atoms with Gasteiger partial charge in [-0.1, -0.05) is 24.6 Å². The molecule has 41 heavy (non-hydrogen) atoms. The van der Waals surface area contributed by atoms with E-state index in [4.69, 9.17) is 5.10 Å². The van der Waals surface area contributed by atoms with Gasteiger partial charge >= 0.3 is 0 Å². The monoisotopic (exact) mass is 551 g/mol. The van der Waals surface area contributed by atoms with E-state index in [1.807, 2.05) is 24.4 Å². The summed E-state index contributed by atoms with van der Waals surface area (Å²) in [7, 11) is 0. The van der Waals surface area contributed by atoms with Gasteiger partial charge < -0.3 is 4.90 Å². The number of nitrogens with zero attached hydrogens (tertiary/aromatic N) is 4. The summed E-state index contributed by atoms with van der Waals surface area (Å²) < 4.78 is 2.18. The van der Waals surface area contributed by atoms with Crippen LogP contribution in [-0.4, -0.2) is 57.6 Å². The minimum absolute atomic E-state index is 0.170. The molecular formula is C33H37N5O3. The Morgan fingerprint density at radius 2 is 1.80 bits per heavy atom. The highest BCUT2D eigenvalue weighted by Gasteiger charge is 2.45. The van der Waals surface area contributed by atoms with Crippen LogP contribution in [0.2, 0.25) is 0 Å². The maximum Gasteiger partial charge on any atom is 0.259 e. The van der Waals surface area contributed by atoms with E-state index in [2.05, 4.69) is 33.2 Å². The molecule has 2 unspecified atom stereocenters. The van der Waals surface area contributed by atoms with E-state index in [1.54, 1.807) is 4.90 Å². The highest BCUT2D eigenvalue weighted by atomic mass is 16.2. The summed E-state index contributed by atoms with van der Waals surface area (Å²) in [4.78, 5) is 42.1. The van der Waals surface area contributed by atoms with Gasteiger partial charge in [0, 0.05) is 49.1 Å². The molecule has 5 aliphatic rings. The van der Waals surface area contributed by atoms with Gasteiger partial charge in [-0.05, 0) is 85.4 Å². The number of rotatable bonds is 5. The number of benzene rings is 2. The number of piperidine rings is 2. The highest BCUT2D eigenvalue weighted by Crippen LogP contribution is 2.54. The Kier molecular flexibility index (Phi) is 5.85. The molecule has 0 radical (unpaired) electrons. The fourth-order valence-electron chi connectivity index (χ4n) is 8.48. The second-order valence-electron chi connectivity index (χ2n) is 13.1. The number of nitrogens with one attached hydrogen (secondary N) is 1. The van der Waals surface area contributed by atoms with Crippen molar-refractivity contribution in [3.8, 4) is 0 Å². The van der Waals surface area contributed by atoms with Crippen molar-refractivity contribution in [1.82, 2.24) is 20.0 Å². The van der Waals surface area contributed by atoms with Gasteiger partial charge in [0.15, 0.2) is 0 Å². The molecule has 2 saturated carbocycles. The molecule has 1 aromatic heterocycles. The summed E-state index contributed by atoms with van der Waals surface area (Å²) in [5.74, 6) is -0.849. The number of hydrogen-bond acceptors (Lipinski definition) is 5. The Labute approximate surface area is 240 Å². The number of carbonyl (C=O) groups is 3. The predicted octanol–water partition coefficient (Wildman–Crippen LogP) is 4.75. The molecule has 4 heterocycles. The van der Waals surface area contributed by atoms with Crippen molar-refractivity contribution in [2.75, 3.05) is 18.0 Å². The largest absolute Gasteiger partial charge is 0.300 e. The maximum atomic E-state index is 13.5. The first-order valence-corrected chi connectivity index (χ1v) is 15.5. The fourth-order valence-corrected chi connectivity index (χ4v) is 8.48. The van der Waals surface area contributed by atoms with Gasteiger partial charge in [0.1, 0.15) is 6.04 Å². The van der Waals surface area contributed by atoms with Crippen molar-refractivity contribution in [1.29, 1.82) is 0 Å². The Morgan fingerprint density at radius 1 is 0.951 bits per heavy atom. The highest BCUT2D eigenvalue weighted by molar-refractivity contribution is 6.27. The molecule has 212 valence electrons. The molecule has 2 saturated heterocycles. The van der Waals surface area contributed by atoms with Crippen molar-refractivity contribution in [3.63, 3.8) is 0 Å². The minimum atomic E-state index is -0.667. The molecule has 3 aliphatic heterocycles. The molecule has 2 atom stereocenters. The minimum Gasteiger partial charge on any atom is -0.300 e. The van der Waals surface area contributed by atoms with E-state index in [0.717, 1.165) is 47.3 Å². The summed E-state index contributed by atoms with van der Waals surface area (Å²) in [6.07, 6.45) is 16.5. The Bertz CT molecular complexity index is 1560. The molecular weight excluding hydrogens is 514 g/mol. The lowest BCUT2D eigenvalue weighted by atomic mass is 9.67. The molecule has 2 aromatic carbocycles. The number of likely N-dealkylation sites (tertiary alicyclic amines) is 1. The van der Waals surface area contributed by atoms with Gasteiger partial charge in [-0.2, -0.15) is 5.10 Å². The van der Waals surface area contributed by atoms with Gasteiger partial charge in [-0.25, -0.2) is 0 Å². The van der Waals surface area contributed by atoms with E-state index in [-0.39, 0.29) is 18.2 Å². The van der Waals surface area contributed by atoms with Crippen LogP contribution in [0, 0.1) is 5.41 Å². The van der Waals surface area contributed by atoms with Crippen LogP contribution in [0.1, 0.15) is 91.7 Å². The summed E-state index contributed by atoms with van der Waals surface area (Å²) >= 11 is 0. The van der Waals surface area contributed by atoms with Crippen molar-refractivity contribution in [3.05, 3.63) is 59.4 Å². The van der Waals surface area contributed by atoms with Crippen LogP contribution in [0.3, 0.4) is 0 Å². The summed E-state index contributed by atoms with van der Waals surface area (Å²) in [6, 6.07) is 10.4. The van der Waals surface area contributed by atoms with E-state index in [0.29, 0.717) is 23.4 Å². The van der Waals surface area contributed by atoms with Gasteiger partial charge in [0.05, 0.1) is 17.9 Å². The molecule has 4 fully saturated rings. The molecule has 1 spiro atoms. The third kappa shape index (κ3) is 4.13. The van der Waals surface area contributed by atoms with Crippen molar-refractivity contribution < 1.29 is 14.4 Å². The van der Waals surface area contributed by atoms with Crippen LogP contribution in [0.4, 0.5) is 5.69 Å². The quantitative estimate of drug-likeness (QED) is 0.463. The standard InChI is InChI=1S/C33H37N5O3/c39-29-8-7-28(31(40)35-29)38-27-6-5-22(25-3-1-4-26(30(25)27)32(38)41)17-21-19-34-37(20-21)23-10-15-36(16-11-23)24-9-14-33(18-24)12-2-13-33/h1,3-6,19-20,23-24,28H,2,7-18H2,(H,35,39,40). The summed E-state index contributed by atoms with van der Waals surface area (Å²) in [5.41, 5.74) is 4.40. The van der Waals surface area contributed by atoms with Crippen molar-refractivity contribution >= 4 is 34.2 Å². The lowest BCUT2D eigenvalue weighted by Crippen LogP contribution is -2.53.